The molecule has 0 aromatic carbocycles. The molecule has 0 spiro atoms. The number of hydrogen-bond donors (Lipinski definition) is 1. The van der Waals surface area contributed by atoms with Crippen molar-refractivity contribution in [1.29, 1.82) is 0 Å². The number of aryl methyl sites for hydroxylation is 1. The first-order valence-corrected chi connectivity index (χ1v) is 3.99. The van der Waals surface area contributed by atoms with Crippen LogP contribution in [-0.2, 0) is 0 Å². The molecule has 0 fully saturated rings. The van der Waals surface area contributed by atoms with Crippen LogP contribution in [0, 0.1) is 6.92 Å². The van der Waals surface area contributed by atoms with E-state index < -0.39 is 23.7 Å². The number of rotatable bonds is 2. The van der Waals surface area contributed by atoms with Crippen LogP contribution in [-0.4, -0.2) is 16.1 Å². The summed E-state index contributed by atoms with van der Waals surface area (Å²) in [6, 6.07) is 0. The average Bonchev–Trinajstić information content (AvgIpc) is 2.08. The number of aromatic carboxylic acids is 1. The Morgan fingerprint density at radius 3 is 2.64 bits per heavy atom. The van der Waals surface area contributed by atoms with Crippen LogP contribution in [0.5, 0.6) is 0 Å². The first-order valence-electron chi connectivity index (χ1n) is 3.61. The van der Waals surface area contributed by atoms with Crippen LogP contribution >= 0.6 is 11.6 Å². The van der Waals surface area contributed by atoms with Gasteiger partial charge in [-0.15, -0.1) is 0 Å². The van der Waals surface area contributed by atoms with Crippen LogP contribution in [0.15, 0.2) is 6.20 Å². The maximum absolute atomic E-state index is 12.4. The van der Waals surface area contributed by atoms with E-state index in [4.69, 9.17) is 16.7 Å². The number of alkyl halides is 2. The standard InChI is InChI=1S/C8H6ClF2NO2/c1-3-2-12-6(8(13)14)4(5(3)9)7(10)11/h2,7H,1H3,(H,13,14). The monoisotopic (exact) mass is 221 g/mol. The Morgan fingerprint density at radius 1 is 1.64 bits per heavy atom. The fraction of sp³-hybridized carbons (Fsp3) is 0.250. The minimum Gasteiger partial charge on any atom is -0.476 e. The fourth-order valence-corrected chi connectivity index (χ4v) is 1.19. The van der Waals surface area contributed by atoms with Crippen molar-refractivity contribution in [1.82, 2.24) is 4.98 Å². The van der Waals surface area contributed by atoms with Gasteiger partial charge in [-0.2, -0.15) is 0 Å². The van der Waals surface area contributed by atoms with Crippen LogP contribution in [0.1, 0.15) is 28.0 Å². The normalized spacial score (nSPS) is 10.6. The molecular formula is C8H6ClF2NO2. The topological polar surface area (TPSA) is 50.2 Å². The molecule has 0 aliphatic heterocycles. The van der Waals surface area contributed by atoms with E-state index in [-0.39, 0.29) is 5.02 Å². The second-order valence-electron chi connectivity index (χ2n) is 2.62. The predicted molar refractivity (Wildman–Crippen MR) is 45.9 cm³/mol. The van der Waals surface area contributed by atoms with Gasteiger partial charge in [-0.05, 0) is 12.5 Å². The quantitative estimate of drug-likeness (QED) is 0.835. The molecule has 0 aliphatic rings. The molecule has 6 heteroatoms. The average molecular weight is 222 g/mol. The van der Waals surface area contributed by atoms with Gasteiger partial charge in [0.05, 0.1) is 10.6 Å². The lowest BCUT2D eigenvalue weighted by atomic mass is 10.1. The molecule has 0 unspecified atom stereocenters. The molecule has 76 valence electrons. The van der Waals surface area contributed by atoms with E-state index in [0.717, 1.165) is 6.20 Å². The summed E-state index contributed by atoms with van der Waals surface area (Å²) in [5, 5.41) is 8.33. The second-order valence-corrected chi connectivity index (χ2v) is 3.00. The Bertz CT molecular complexity index is 382. The molecule has 0 saturated carbocycles. The number of nitrogens with zero attached hydrogens (tertiary/aromatic N) is 1. The zero-order valence-electron chi connectivity index (χ0n) is 7.09. The van der Waals surface area contributed by atoms with Crippen LogP contribution < -0.4 is 0 Å². The molecule has 1 N–H and O–H groups in total. The Hall–Kier alpha value is -1.23. The fourth-order valence-electron chi connectivity index (χ4n) is 0.974. The van der Waals surface area contributed by atoms with Crippen LogP contribution in [0.2, 0.25) is 5.02 Å². The Morgan fingerprint density at radius 2 is 2.21 bits per heavy atom. The number of carboxylic acid groups (broad SMARTS) is 1. The molecular weight excluding hydrogens is 216 g/mol. The van der Waals surface area contributed by atoms with Gasteiger partial charge in [0.2, 0.25) is 0 Å². The summed E-state index contributed by atoms with van der Waals surface area (Å²) in [6.45, 7) is 1.48. The third-order valence-corrected chi connectivity index (χ3v) is 2.15. The smallest absolute Gasteiger partial charge is 0.355 e. The van der Waals surface area contributed by atoms with Gasteiger partial charge in [0.25, 0.3) is 6.43 Å². The van der Waals surface area contributed by atoms with Crippen molar-refractivity contribution in [2.45, 2.75) is 13.3 Å². The number of carbonyl (C=O) groups is 1. The van der Waals surface area contributed by atoms with Gasteiger partial charge < -0.3 is 5.11 Å². The van der Waals surface area contributed by atoms with Gasteiger partial charge in [-0.1, -0.05) is 11.6 Å². The van der Waals surface area contributed by atoms with Gasteiger partial charge >= 0.3 is 5.97 Å². The number of hydrogen-bond acceptors (Lipinski definition) is 2. The molecule has 0 atom stereocenters. The van der Waals surface area contributed by atoms with Crippen molar-refractivity contribution in [2.75, 3.05) is 0 Å². The molecule has 0 amide bonds. The summed E-state index contributed by atoms with van der Waals surface area (Å²) in [5.41, 5.74) is -1.10. The van der Waals surface area contributed by atoms with Crippen LogP contribution in [0.3, 0.4) is 0 Å². The summed E-state index contributed by atoms with van der Waals surface area (Å²) < 4.78 is 24.9. The Balaban J connectivity index is 3.45. The van der Waals surface area contributed by atoms with E-state index in [1.165, 1.54) is 6.92 Å². The largest absolute Gasteiger partial charge is 0.476 e. The second kappa shape index (κ2) is 3.88. The van der Waals surface area contributed by atoms with E-state index in [1.54, 1.807) is 0 Å². The van der Waals surface area contributed by atoms with Gasteiger partial charge in [0, 0.05) is 6.20 Å². The predicted octanol–water partition coefficient (Wildman–Crippen LogP) is 2.68. The molecule has 0 bridgehead atoms. The van der Waals surface area contributed by atoms with Crippen molar-refractivity contribution in [3.05, 3.63) is 28.0 Å². The van der Waals surface area contributed by atoms with Crippen molar-refractivity contribution in [3.8, 4) is 0 Å². The van der Waals surface area contributed by atoms with E-state index in [0.29, 0.717) is 5.56 Å². The Kier molecular flexibility index (Phi) is 3.00. The molecule has 0 radical (unpaired) electrons. The number of pyridine rings is 1. The van der Waals surface area contributed by atoms with Crippen molar-refractivity contribution < 1.29 is 18.7 Å². The summed E-state index contributed by atoms with van der Waals surface area (Å²) in [5.74, 6) is -1.51. The first-order chi connectivity index (χ1) is 6.45. The maximum atomic E-state index is 12.4. The summed E-state index contributed by atoms with van der Waals surface area (Å²) >= 11 is 5.55. The molecule has 0 saturated heterocycles. The molecule has 3 nitrogen and oxygen atoms in total. The lowest BCUT2D eigenvalue weighted by molar-refractivity contribution is 0.0677. The van der Waals surface area contributed by atoms with E-state index >= 15 is 0 Å². The minimum absolute atomic E-state index is 0.243. The molecule has 1 rings (SSSR count). The molecule has 0 aliphatic carbocycles. The van der Waals surface area contributed by atoms with Gasteiger partial charge in [0.1, 0.15) is 0 Å². The van der Waals surface area contributed by atoms with Gasteiger partial charge in [-0.3, -0.25) is 0 Å². The van der Waals surface area contributed by atoms with Gasteiger partial charge in [0.15, 0.2) is 5.69 Å². The zero-order valence-corrected chi connectivity index (χ0v) is 7.85. The third-order valence-electron chi connectivity index (χ3n) is 1.65. The molecule has 1 aromatic rings. The highest BCUT2D eigenvalue weighted by atomic mass is 35.5. The van der Waals surface area contributed by atoms with E-state index in [9.17, 15) is 13.6 Å². The molecule has 14 heavy (non-hydrogen) atoms. The van der Waals surface area contributed by atoms with Crippen LogP contribution in [0.4, 0.5) is 8.78 Å². The third kappa shape index (κ3) is 1.82. The number of aromatic nitrogens is 1. The lowest BCUT2D eigenvalue weighted by Gasteiger charge is -2.08. The minimum atomic E-state index is -2.94. The van der Waals surface area contributed by atoms with Crippen molar-refractivity contribution in [2.24, 2.45) is 0 Å². The SMILES string of the molecule is Cc1cnc(C(=O)O)c(C(F)F)c1Cl. The van der Waals surface area contributed by atoms with Crippen molar-refractivity contribution >= 4 is 17.6 Å². The van der Waals surface area contributed by atoms with Crippen LogP contribution in [0.25, 0.3) is 0 Å². The summed E-state index contributed by atoms with van der Waals surface area (Å²) in [7, 11) is 0. The Labute approximate surface area is 83.3 Å². The highest BCUT2D eigenvalue weighted by Crippen LogP contribution is 2.31. The lowest BCUT2D eigenvalue weighted by Crippen LogP contribution is -2.07. The summed E-state index contributed by atoms with van der Waals surface area (Å²) in [6.07, 6.45) is -1.79. The highest BCUT2D eigenvalue weighted by Gasteiger charge is 2.23. The number of halogens is 3. The van der Waals surface area contributed by atoms with Crippen molar-refractivity contribution in [3.63, 3.8) is 0 Å². The summed E-state index contributed by atoms with van der Waals surface area (Å²) in [4.78, 5) is 13.9. The number of carboxylic acids is 1. The highest BCUT2D eigenvalue weighted by molar-refractivity contribution is 6.32. The molecule has 1 aromatic heterocycles. The van der Waals surface area contributed by atoms with Gasteiger partial charge in [-0.25, -0.2) is 18.6 Å². The maximum Gasteiger partial charge on any atom is 0.355 e. The molecule has 1 heterocycles. The van der Waals surface area contributed by atoms with E-state index in [2.05, 4.69) is 4.98 Å². The van der Waals surface area contributed by atoms with E-state index in [1.807, 2.05) is 0 Å². The zero-order chi connectivity index (χ0) is 10.9. The first kappa shape index (κ1) is 10.8.